The minimum Gasteiger partial charge on any atom is -0.310 e. The molecule has 0 aliphatic heterocycles. The summed E-state index contributed by atoms with van der Waals surface area (Å²) in [4.78, 5) is 2.23. The van der Waals surface area contributed by atoms with E-state index in [1.165, 1.54) is 5.56 Å². The van der Waals surface area contributed by atoms with Gasteiger partial charge in [-0.3, -0.25) is 0 Å². The first-order valence-corrected chi connectivity index (χ1v) is 11.7. The van der Waals surface area contributed by atoms with Crippen molar-refractivity contribution in [1.29, 1.82) is 0 Å². The molecule has 0 bridgehead atoms. The molecule has 0 aliphatic rings. The van der Waals surface area contributed by atoms with Crippen LogP contribution in [0.1, 0.15) is 26.3 Å². The lowest BCUT2D eigenvalue weighted by molar-refractivity contribution is 0.594. The second-order valence-electron chi connectivity index (χ2n) is 7.16. The van der Waals surface area contributed by atoms with Crippen molar-refractivity contribution in [1.82, 2.24) is 0 Å². The van der Waals surface area contributed by atoms with Crippen molar-refractivity contribution in [3.63, 3.8) is 0 Å². The van der Waals surface area contributed by atoms with Gasteiger partial charge in [0.2, 0.25) is 0 Å². The van der Waals surface area contributed by atoms with Gasteiger partial charge in [-0.05, 0) is 41.3 Å². The highest BCUT2D eigenvalue weighted by atomic mass is 35.9. The van der Waals surface area contributed by atoms with Crippen LogP contribution in [-0.4, -0.2) is 0 Å². The van der Waals surface area contributed by atoms with Crippen LogP contribution in [0.5, 0.6) is 0 Å². The number of rotatable bonds is 4. The van der Waals surface area contributed by atoms with E-state index >= 15 is 0 Å². The molecule has 0 fully saturated rings. The zero-order valence-corrected chi connectivity index (χ0v) is 17.6. The van der Waals surface area contributed by atoms with Crippen LogP contribution >= 0.6 is 29.1 Å². The summed E-state index contributed by atoms with van der Waals surface area (Å²) >= 11 is 13.1. The summed E-state index contributed by atoms with van der Waals surface area (Å²) < 4.78 is 0. The highest BCUT2D eigenvalue weighted by molar-refractivity contribution is 8.09. The molecule has 0 aromatic heterocycles. The average molecular weight is 402 g/mol. The Kier molecular flexibility index (Phi) is 5.92. The summed E-state index contributed by atoms with van der Waals surface area (Å²) in [6.07, 6.45) is 0. The van der Waals surface area contributed by atoms with Crippen LogP contribution in [0.2, 0.25) is 0 Å². The van der Waals surface area contributed by atoms with E-state index in [9.17, 15) is 0 Å². The predicted molar refractivity (Wildman–Crippen MR) is 118 cm³/mol. The summed E-state index contributed by atoms with van der Waals surface area (Å²) in [5.74, 6) is 0. The average Bonchev–Trinajstić information content (AvgIpc) is 2.63. The highest BCUT2D eigenvalue weighted by Gasteiger charge is 2.27. The molecule has 3 rings (SSSR count). The first-order chi connectivity index (χ1) is 12.4. The molecular weight excluding hydrogens is 380 g/mol. The van der Waals surface area contributed by atoms with E-state index in [1.807, 2.05) is 36.4 Å². The number of hydrogen-bond acceptors (Lipinski definition) is 1. The summed E-state index contributed by atoms with van der Waals surface area (Å²) in [6.45, 7) is 5.26. The maximum Gasteiger partial charge on any atom is 0.119 e. The summed E-state index contributed by atoms with van der Waals surface area (Å²) in [5, 5.41) is 1.02. The number of nitrogens with zero attached hydrogens (tertiary/aromatic N) is 1. The first kappa shape index (κ1) is 19.2. The van der Waals surface area contributed by atoms with E-state index in [2.05, 4.69) is 68.1 Å². The molecule has 0 amide bonds. The Morgan fingerprint density at radius 2 is 1.19 bits per heavy atom. The summed E-state index contributed by atoms with van der Waals surface area (Å²) in [5.41, 5.74) is 4.33. The molecule has 1 nitrogen and oxygen atoms in total. The standard InChI is InChI=1S/C22H22Cl2NP/c1-22(2,3)19-15-10-16-20(21(19)26(23)24)25(17-11-6-4-7-12-17)18-13-8-5-9-14-18/h4-16H,1-3H3. The molecule has 0 radical (unpaired) electrons. The molecule has 3 aromatic carbocycles. The van der Waals surface area contributed by atoms with Gasteiger partial charge in [0.05, 0.1) is 5.69 Å². The molecule has 0 saturated carbocycles. The van der Waals surface area contributed by atoms with Crippen LogP contribution in [0.15, 0.2) is 78.9 Å². The molecule has 0 spiro atoms. The fourth-order valence-corrected chi connectivity index (χ4v) is 5.08. The van der Waals surface area contributed by atoms with Crippen LogP contribution in [0.25, 0.3) is 0 Å². The number of benzene rings is 3. The molecule has 0 N–H and O–H groups in total. The van der Waals surface area contributed by atoms with Gasteiger partial charge in [0.1, 0.15) is 6.63 Å². The second-order valence-corrected chi connectivity index (χ2v) is 10.6. The number of para-hydroxylation sites is 2. The number of hydrogen-bond donors (Lipinski definition) is 0. The van der Waals surface area contributed by atoms with Gasteiger partial charge in [-0.1, -0.05) is 91.8 Å². The zero-order valence-electron chi connectivity index (χ0n) is 15.2. The molecule has 0 heterocycles. The van der Waals surface area contributed by atoms with Crippen molar-refractivity contribution < 1.29 is 0 Å². The lowest BCUT2D eigenvalue weighted by Gasteiger charge is -2.31. The highest BCUT2D eigenvalue weighted by Crippen LogP contribution is 2.52. The number of halogens is 2. The summed E-state index contributed by atoms with van der Waals surface area (Å²) in [6, 6.07) is 27.0. The van der Waals surface area contributed by atoms with Gasteiger partial charge in [-0.2, -0.15) is 0 Å². The van der Waals surface area contributed by atoms with Gasteiger partial charge in [0.15, 0.2) is 0 Å². The molecule has 134 valence electrons. The zero-order chi connectivity index (χ0) is 18.7. The smallest absolute Gasteiger partial charge is 0.119 e. The van der Waals surface area contributed by atoms with E-state index in [0.717, 1.165) is 22.4 Å². The SMILES string of the molecule is CC(C)(C)c1cccc(N(c2ccccc2)c2ccccc2)c1P(Cl)Cl. The Morgan fingerprint density at radius 3 is 1.62 bits per heavy atom. The molecule has 26 heavy (non-hydrogen) atoms. The lowest BCUT2D eigenvalue weighted by Crippen LogP contribution is -2.25. The monoisotopic (exact) mass is 401 g/mol. The molecule has 4 heteroatoms. The van der Waals surface area contributed by atoms with Crippen LogP contribution in [0.3, 0.4) is 0 Å². The quantitative estimate of drug-likeness (QED) is 0.402. The first-order valence-electron chi connectivity index (χ1n) is 8.55. The van der Waals surface area contributed by atoms with Crippen molar-refractivity contribution in [3.8, 4) is 0 Å². The van der Waals surface area contributed by atoms with Gasteiger partial charge >= 0.3 is 0 Å². The molecular formula is C22H22Cl2NP. The van der Waals surface area contributed by atoms with Crippen LogP contribution in [-0.2, 0) is 5.41 Å². The third kappa shape index (κ3) is 4.07. The molecule has 0 aliphatic carbocycles. The molecule has 0 saturated heterocycles. The van der Waals surface area contributed by atoms with Crippen molar-refractivity contribution in [2.75, 3.05) is 4.90 Å². The Balaban J connectivity index is 2.29. The van der Waals surface area contributed by atoms with Crippen LogP contribution in [0.4, 0.5) is 17.1 Å². The minimum absolute atomic E-state index is 0.0469. The Labute approximate surface area is 166 Å². The Hall–Kier alpha value is -1.53. The third-order valence-corrected chi connectivity index (χ3v) is 6.08. The van der Waals surface area contributed by atoms with Crippen LogP contribution < -0.4 is 10.2 Å². The fraction of sp³-hybridized carbons (Fsp3) is 0.182. The molecule has 3 aromatic rings. The van der Waals surface area contributed by atoms with Crippen molar-refractivity contribution in [2.45, 2.75) is 26.2 Å². The van der Waals surface area contributed by atoms with Crippen molar-refractivity contribution in [3.05, 3.63) is 84.4 Å². The van der Waals surface area contributed by atoms with E-state index in [-0.39, 0.29) is 5.41 Å². The van der Waals surface area contributed by atoms with Crippen LogP contribution in [0, 0.1) is 0 Å². The van der Waals surface area contributed by atoms with Gasteiger partial charge in [-0.25, -0.2) is 0 Å². The fourth-order valence-electron chi connectivity index (χ4n) is 3.08. The van der Waals surface area contributed by atoms with Gasteiger partial charge in [0, 0.05) is 16.7 Å². The minimum atomic E-state index is -1.31. The molecule has 0 atom stereocenters. The maximum absolute atomic E-state index is 6.54. The van der Waals surface area contributed by atoms with Gasteiger partial charge in [0.25, 0.3) is 0 Å². The van der Waals surface area contributed by atoms with Gasteiger partial charge < -0.3 is 4.90 Å². The van der Waals surface area contributed by atoms with Crippen molar-refractivity contribution in [2.24, 2.45) is 0 Å². The Bertz CT molecular complexity index is 819. The van der Waals surface area contributed by atoms with E-state index in [4.69, 9.17) is 22.5 Å². The normalized spacial score (nSPS) is 11.6. The van der Waals surface area contributed by atoms with Crippen molar-refractivity contribution >= 4 is 51.5 Å². The van der Waals surface area contributed by atoms with E-state index < -0.39 is 6.63 Å². The van der Waals surface area contributed by atoms with E-state index in [1.54, 1.807) is 0 Å². The second kappa shape index (κ2) is 8.01. The lowest BCUT2D eigenvalue weighted by atomic mass is 9.86. The number of anilines is 3. The predicted octanol–water partition coefficient (Wildman–Crippen LogP) is 7.87. The van der Waals surface area contributed by atoms with E-state index in [0.29, 0.717) is 0 Å². The summed E-state index contributed by atoms with van der Waals surface area (Å²) in [7, 11) is 0. The Morgan fingerprint density at radius 1 is 0.692 bits per heavy atom. The largest absolute Gasteiger partial charge is 0.310 e. The third-order valence-electron chi connectivity index (χ3n) is 4.26. The topological polar surface area (TPSA) is 3.24 Å². The maximum atomic E-state index is 6.54. The van der Waals surface area contributed by atoms with Gasteiger partial charge in [-0.15, -0.1) is 0 Å². The molecule has 0 unspecified atom stereocenters.